The molecule has 0 aliphatic rings. The van der Waals surface area contributed by atoms with E-state index in [1.165, 1.54) is 0 Å². The zero-order valence-electron chi connectivity index (χ0n) is 25.1. The third-order valence-electron chi connectivity index (χ3n) is 6.80. The average molecular weight is 588 g/mol. The van der Waals surface area contributed by atoms with E-state index in [0.29, 0.717) is 12.8 Å². The van der Waals surface area contributed by atoms with Crippen molar-refractivity contribution in [1.29, 1.82) is 0 Å². The number of carbonyl (C=O) groups excluding carboxylic acids is 4. The van der Waals surface area contributed by atoms with Crippen LogP contribution in [0.3, 0.4) is 0 Å². The average Bonchev–Trinajstić information content (AvgIpc) is 3.00. The minimum absolute atomic E-state index is 0.0191. The lowest BCUT2D eigenvalue weighted by molar-refractivity contribution is -0.175. The number of hydrogen-bond acceptors (Lipinski definition) is 7. The summed E-state index contributed by atoms with van der Waals surface area (Å²) < 4.78 is 15.8. The Bertz CT molecular complexity index is 1300. The fourth-order valence-electron chi connectivity index (χ4n) is 4.40. The summed E-state index contributed by atoms with van der Waals surface area (Å²) in [5.41, 5.74) is 2.00. The maximum absolute atomic E-state index is 13.4. The second kappa shape index (κ2) is 16.9. The number of nitrogens with one attached hydrogen (secondary N) is 1. The van der Waals surface area contributed by atoms with Crippen LogP contribution in [0.2, 0.25) is 0 Å². The molecule has 8 nitrogen and oxygen atoms in total. The molecule has 3 rings (SSSR count). The molecular weight excluding hydrogens is 546 g/mol. The smallest absolute Gasteiger partial charge is 0.314 e. The molecule has 0 heterocycles. The molecule has 0 bridgehead atoms. The van der Waals surface area contributed by atoms with Gasteiger partial charge in [0.2, 0.25) is 12.7 Å². The lowest BCUT2D eigenvalue weighted by atomic mass is 9.85. The van der Waals surface area contributed by atoms with E-state index in [1.54, 1.807) is 20.8 Å². The Morgan fingerprint density at radius 3 is 1.72 bits per heavy atom. The van der Waals surface area contributed by atoms with Crippen molar-refractivity contribution in [3.05, 3.63) is 108 Å². The summed E-state index contributed by atoms with van der Waals surface area (Å²) in [5.74, 6) is -2.99. The zero-order chi connectivity index (χ0) is 31.1. The fourth-order valence-corrected chi connectivity index (χ4v) is 4.40. The topological polar surface area (TPSA) is 108 Å². The van der Waals surface area contributed by atoms with E-state index >= 15 is 0 Å². The molecule has 43 heavy (non-hydrogen) atoms. The molecule has 0 radical (unpaired) electrons. The SMILES string of the molecule is CC(C)(C)C(=O)OCOC(=O)C(Cc1ccccc1)CC(Cc1ccccc1)C(=O)NCCC(=O)OCc1ccccc1. The minimum atomic E-state index is -0.733. The standard InChI is InChI=1S/C35H41NO7/c1-35(2,3)34(40)43-25-42-33(39)30(22-27-15-9-5-10-16-27)23-29(21-26-13-7-4-8-14-26)32(38)36-20-19-31(37)41-24-28-17-11-6-12-18-28/h4-18,29-30H,19-25H2,1-3H3,(H,36,38). The quantitative estimate of drug-likeness (QED) is 0.187. The van der Waals surface area contributed by atoms with E-state index in [0.717, 1.165) is 16.7 Å². The van der Waals surface area contributed by atoms with Crippen LogP contribution in [0.15, 0.2) is 91.0 Å². The van der Waals surface area contributed by atoms with Crippen LogP contribution < -0.4 is 5.32 Å². The number of ether oxygens (including phenoxy) is 3. The third kappa shape index (κ3) is 12.1. The summed E-state index contributed by atoms with van der Waals surface area (Å²) in [6.45, 7) is 4.91. The van der Waals surface area contributed by atoms with Gasteiger partial charge in [-0.1, -0.05) is 91.0 Å². The molecule has 0 fully saturated rings. The van der Waals surface area contributed by atoms with Gasteiger partial charge in [-0.05, 0) is 56.7 Å². The largest absolute Gasteiger partial charge is 0.461 e. The summed E-state index contributed by atoms with van der Waals surface area (Å²) in [6.07, 6.45) is 0.950. The van der Waals surface area contributed by atoms with Crippen molar-refractivity contribution >= 4 is 23.8 Å². The molecule has 3 aromatic rings. The van der Waals surface area contributed by atoms with Gasteiger partial charge in [0.05, 0.1) is 17.8 Å². The molecule has 1 N–H and O–H groups in total. The van der Waals surface area contributed by atoms with Gasteiger partial charge in [-0.25, -0.2) is 0 Å². The number of benzene rings is 3. The van der Waals surface area contributed by atoms with Crippen LogP contribution in [0.25, 0.3) is 0 Å². The van der Waals surface area contributed by atoms with Crippen molar-refractivity contribution in [2.45, 2.75) is 53.1 Å². The molecule has 0 saturated carbocycles. The van der Waals surface area contributed by atoms with Crippen molar-refractivity contribution in [3.63, 3.8) is 0 Å². The number of esters is 3. The number of amides is 1. The monoisotopic (exact) mass is 587 g/mol. The molecule has 8 heteroatoms. The first-order valence-corrected chi connectivity index (χ1v) is 14.5. The second-order valence-electron chi connectivity index (χ2n) is 11.5. The van der Waals surface area contributed by atoms with E-state index < -0.39 is 42.0 Å². The first-order chi connectivity index (χ1) is 20.6. The van der Waals surface area contributed by atoms with Gasteiger partial charge in [0.1, 0.15) is 6.61 Å². The first-order valence-electron chi connectivity index (χ1n) is 14.5. The Kier molecular flexibility index (Phi) is 12.9. The van der Waals surface area contributed by atoms with Crippen molar-refractivity contribution in [3.8, 4) is 0 Å². The summed E-state index contributed by atoms with van der Waals surface area (Å²) in [4.78, 5) is 51.1. The maximum Gasteiger partial charge on any atom is 0.314 e. The molecular formula is C35H41NO7. The van der Waals surface area contributed by atoms with Gasteiger partial charge in [0, 0.05) is 12.5 Å². The molecule has 2 unspecified atom stereocenters. The van der Waals surface area contributed by atoms with Crippen molar-refractivity contribution in [1.82, 2.24) is 5.32 Å². The van der Waals surface area contributed by atoms with Gasteiger partial charge in [-0.2, -0.15) is 0 Å². The van der Waals surface area contributed by atoms with E-state index in [9.17, 15) is 19.2 Å². The molecule has 1 amide bonds. The highest BCUT2D eigenvalue weighted by Gasteiger charge is 2.30. The van der Waals surface area contributed by atoms with Crippen molar-refractivity contribution in [2.75, 3.05) is 13.3 Å². The van der Waals surface area contributed by atoms with Crippen LogP contribution in [0.4, 0.5) is 0 Å². The number of hydrogen-bond donors (Lipinski definition) is 1. The van der Waals surface area contributed by atoms with Crippen LogP contribution in [-0.4, -0.2) is 37.2 Å². The molecule has 0 aliphatic carbocycles. The predicted molar refractivity (Wildman–Crippen MR) is 162 cm³/mol. The normalized spacial score (nSPS) is 12.4. The Hall–Kier alpha value is -4.46. The highest BCUT2D eigenvalue weighted by Crippen LogP contribution is 2.24. The fraction of sp³-hybridized carbons (Fsp3) is 0.371. The van der Waals surface area contributed by atoms with Crippen LogP contribution in [0.1, 0.15) is 50.3 Å². The first kappa shape index (κ1) is 33.0. The van der Waals surface area contributed by atoms with Gasteiger partial charge in [-0.3, -0.25) is 19.2 Å². The van der Waals surface area contributed by atoms with Gasteiger partial charge < -0.3 is 19.5 Å². The van der Waals surface area contributed by atoms with Gasteiger partial charge in [0.15, 0.2) is 0 Å². The van der Waals surface area contributed by atoms with Crippen LogP contribution >= 0.6 is 0 Å². The highest BCUT2D eigenvalue weighted by atomic mass is 16.7. The van der Waals surface area contributed by atoms with E-state index in [4.69, 9.17) is 14.2 Å². The van der Waals surface area contributed by atoms with Gasteiger partial charge in [-0.15, -0.1) is 0 Å². The molecule has 0 saturated heterocycles. The van der Waals surface area contributed by atoms with Gasteiger partial charge >= 0.3 is 17.9 Å². The van der Waals surface area contributed by atoms with E-state index in [1.807, 2.05) is 91.0 Å². The number of rotatable bonds is 15. The predicted octanol–water partition coefficient (Wildman–Crippen LogP) is 5.43. The molecule has 0 aromatic heterocycles. The Morgan fingerprint density at radius 2 is 1.19 bits per heavy atom. The van der Waals surface area contributed by atoms with E-state index in [2.05, 4.69) is 5.32 Å². The summed E-state index contributed by atoms with van der Waals surface area (Å²) in [6, 6.07) is 28.4. The Labute approximate surface area is 253 Å². The summed E-state index contributed by atoms with van der Waals surface area (Å²) >= 11 is 0. The molecule has 3 aromatic carbocycles. The lowest BCUT2D eigenvalue weighted by Crippen LogP contribution is -2.36. The lowest BCUT2D eigenvalue weighted by Gasteiger charge is -2.23. The maximum atomic E-state index is 13.4. The van der Waals surface area contributed by atoms with E-state index in [-0.39, 0.29) is 31.9 Å². The van der Waals surface area contributed by atoms with Crippen molar-refractivity contribution in [2.24, 2.45) is 17.3 Å². The Balaban J connectivity index is 1.66. The van der Waals surface area contributed by atoms with Crippen LogP contribution in [0.5, 0.6) is 0 Å². The zero-order valence-corrected chi connectivity index (χ0v) is 25.1. The molecule has 0 aliphatic heterocycles. The number of carbonyl (C=O) groups is 4. The summed E-state index contributed by atoms with van der Waals surface area (Å²) in [7, 11) is 0. The molecule has 0 spiro atoms. The molecule has 228 valence electrons. The van der Waals surface area contributed by atoms with Crippen molar-refractivity contribution < 1.29 is 33.4 Å². The van der Waals surface area contributed by atoms with Crippen LogP contribution in [0, 0.1) is 17.3 Å². The van der Waals surface area contributed by atoms with Gasteiger partial charge in [0.25, 0.3) is 0 Å². The minimum Gasteiger partial charge on any atom is -0.461 e. The third-order valence-corrected chi connectivity index (χ3v) is 6.80. The molecule has 2 atom stereocenters. The highest BCUT2D eigenvalue weighted by molar-refractivity contribution is 5.81. The Morgan fingerprint density at radius 1 is 0.674 bits per heavy atom. The summed E-state index contributed by atoms with van der Waals surface area (Å²) in [5, 5.41) is 2.85. The van der Waals surface area contributed by atoms with Crippen LogP contribution in [-0.2, 0) is 52.8 Å². The second-order valence-corrected chi connectivity index (χ2v) is 11.5.